The van der Waals surface area contributed by atoms with Gasteiger partial charge in [0, 0.05) is 24.5 Å². The van der Waals surface area contributed by atoms with Gasteiger partial charge in [-0.25, -0.2) is 4.68 Å². The zero-order valence-electron chi connectivity index (χ0n) is 10.7. The van der Waals surface area contributed by atoms with E-state index < -0.39 is 0 Å². The highest BCUT2D eigenvalue weighted by molar-refractivity contribution is 7.98. The summed E-state index contributed by atoms with van der Waals surface area (Å²) in [5.41, 5.74) is 1.22. The van der Waals surface area contributed by atoms with Gasteiger partial charge in [0.25, 0.3) is 0 Å². The minimum Gasteiger partial charge on any atom is -0.313 e. The highest BCUT2D eigenvalue weighted by Gasteiger charge is 1.95. The van der Waals surface area contributed by atoms with Crippen LogP contribution >= 0.6 is 11.8 Å². The van der Waals surface area contributed by atoms with Crippen LogP contribution in [0.1, 0.15) is 31.2 Å². The lowest BCUT2D eigenvalue weighted by molar-refractivity contribution is 0.599. The molecule has 0 amide bonds. The Kier molecular flexibility index (Phi) is 7.84. The second kappa shape index (κ2) is 9.31. The average molecular weight is 253 g/mol. The molecular formula is C13H23N3S. The molecule has 0 aliphatic carbocycles. The van der Waals surface area contributed by atoms with Crippen LogP contribution in [0.3, 0.4) is 0 Å². The molecule has 3 nitrogen and oxygen atoms in total. The van der Waals surface area contributed by atoms with Crippen LogP contribution < -0.4 is 5.32 Å². The average Bonchev–Trinajstić information content (AvgIpc) is 2.80. The van der Waals surface area contributed by atoms with Crippen LogP contribution in [0.25, 0.3) is 6.20 Å². The van der Waals surface area contributed by atoms with Crippen molar-refractivity contribution in [2.24, 2.45) is 0 Å². The molecule has 4 heteroatoms. The normalized spacial score (nSPS) is 10.6. The third kappa shape index (κ3) is 6.54. The van der Waals surface area contributed by atoms with E-state index in [2.05, 4.69) is 23.3 Å². The summed E-state index contributed by atoms with van der Waals surface area (Å²) < 4.78 is 1.74. The molecule has 0 radical (unpaired) electrons. The molecule has 1 aromatic rings. The summed E-state index contributed by atoms with van der Waals surface area (Å²) in [6, 6.07) is 0. The van der Waals surface area contributed by atoms with E-state index in [0.29, 0.717) is 0 Å². The molecule has 1 N–H and O–H groups in total. The maximum atomic E-state index is 4.14. The highest BCUT2D eigenvalue weighted by Crippen LogP contribution is 2.04. The second-order valence-corrected chi connectivity index (χ2v) is 5.08. The van der Waals surface area contributed by atoms with Gasteiger partial charge in [-0.3, -0.25) is 0 Å². The van der Waals surface area contributed by atoms with E-state index in [-0.39, 0.29) is 0 Å². The SMILES string of the molecule is C=Cn1cc(CNCCCCCCSC)cn1. The van der Waals surface area contributed by atoms with Crippen LogP contribution in [0, 0.1) is 0 Å². The molecule has 1 rings (SSSR count). The molecule has 0 fully saturated rings. The largest absolute Gasteiger partial charge is 0.313 e. The molecule has 0 spiro atoms. The maximum Gasteiger partial charge on any atom is 0.0538 e. The van der Waals surface area contributed by atoms with Crippen molar-refractivity contribution in [1.29, 1.82) is 0 Å². The van der Waals surface area contributed by atoms with E-state index in [0.717, 1.165) is 13.1 Å². The minimum atomic E-state index is 0.901. The van der Waals surface area contributed by atoms with Gasteiger partial charge in [-0.2, -0.15) is 16.9 Å². The summed E-state index contributed by atoms with van der Waals surface area (Å²) in [4.78, 5) is 0. The molecule has 0 atom stereocenters. The monoisotopic (exact) mass is 253 g/mol. The van der Waals surface area contributed by atoms with Gasteiger partial charge in [0.1, 0.15) is 0 Å². The molecule has 96 valence electrons. The van der Waals surface area contributed by atoms with Crippen molar-refractivity contribution in [2.45, 2.75) is 32.2 Å². The van der Waals surface area contributed by atoms with Crippen LogP contribution in [0.15, 0.2) is 19.0 Å². The Balaban J connectivity index is 1.95. The Morgan fingerprint density at radius 3 is 2.94 bits per heavy atom. The maximum absolute atomic E-state index is 4.14. The Labute approximate surface area is 109 Å². The molecule has 0 saturated carbocycles. The number of thioether (sulfide) groups is 1. The van der Waals surface area contributed by atoms with Crippen molar-refractivity contribution in [3.8, 4) is 0 Å². The highest BCUT2D eigenvalue weighted by atomic mass is 32.2. The molecule has 1 aromatic heterocycles. The summed E-state index contributed by atoms with van der Waals surface area (Å²) in [6.45, 7) is 5.67. The van der Waals surface area contributed by atoms with Crippen LogP contribution in [0.2, 0.25) is 0 Å². The molecule has 0 unspecified atom stereocenters. The third-order valence-electron chi connectivity index (χ3n) is 2.62. The predicted molar refractivity (Wildman–Crippen MR) is 77.2 cm³/mol. The molecule has 1 heterocycles. The zero-order valence-corrected chi connectivity index (χ0v) is 11.5. The predicted octanol–water partition coefficient (Wildman–Crippen LogP) is 3.00. The Morgan fingerprint density at radius 1 is 1.41 bits per heavy atom. The van der Waals surface area contributed by atoms with Gasteiger partial charge in [-0.15, -0.1) is 0 Å². The number of aromatic nitrogens is 2. The number of nitrogens with zero attached hydrogens (tertiary/aromatic N) is 2. The van der Waals surface area contributed by atoms with E-state index in [4.69, 9.17) is 0 Å². The molecule has 0 aromatic carbocycles. The second-order valence-electron chi connectivity index (χ2n) is 4.09. The van der Waals surface area contributed by atoms with Crippen LogP contribution in [-0.2, 0) is 6.54 Å². The fraction of sp³-hybridized carbons (Fsp3) is 0.615. The Bertz CT molecular complexity index is 309. The zero-order chi connectivity index (χ0) is 12.3. The van der Waals surface area contributed by atoms with Gasteiger partial charge < -0.3 is 5.32 Å². The fourth-order valence-corrected chi connectivity index (χ4v) is 2.14. The first-order chi connectivity index (χ1) is 8.36. The van der Waals surface area contributed by atoms with Crippen molar-refractivity contribution in [3.63, 3.8) is 0 Å². The van der Waals surface area contributed by atoms with Crippen molar-refractivity contribution >= 4 is 18.0 Å². The van der Waals surface area contributed by atoms with Gasteiger partial charge in [0.15, 0.2) is 0 Å². The van der Waals surface area contributed by atoms with Crippen molar-refractivity contribution < 1.29 is 0 Å². The van der Waals surface area contributed by atoms with Gasteiger partial charge in [0.05, 0.1) is 6.20 Å². The van der Waals surface area contributed by atoms with Crippen molar-refractivity contribution in [2.75, 3.05) is 18.6 Å². The molecule has 0 bridgehead atoms. The quantitative estimate of drug-likeness (QED) is 0.650. The first-order valence-electron chi connectivity index (χ1n) is 6.22. The van der Waals surface area contributed by atoms with Crippen LogP contribution in [0.4, 0.5) is 0 Å². The van der Waals surface area contributed by atoms with Gasteiger partial charge in [-0.05, 0) is 31.4 Å². The Hall–Kier alpha value is -0.740. The van der Waals surface area contributed by atoms with Crippen molar-refractivity contribution in [1.82, 2.24) is 15.1 Å². The molecule has 0 aliphatic rings. The first-order valence-corrected chi connectivity index (χ1v) is 7.61. The van der Waals surface area contributed by atoms with Crippen LogP contribution in [0.5, 0.6) is 0 Å². The summed E-state index contributed by atoms with van der Waals surface area (Å²) in [5.74, 6) is 1.30. The third-order valence-corrected chi connectivity index (χ3v) is 3.32. The topological polar surface area (TPSA) is 29.9 Å². The van der Waals surface area contributed by atoms with Gasteiger partial charge in [-0.1, -0.05) is 19.4 Å². The van der Waals surface area contributed by atoms with Gasteiger partial charge in [0.2, 0.25) is 0 Å². The number of rotatable bonds is 10. The van der Waals surface area contributed by atoms with Gasteiger partial charge >= 0.3 is 0 Å². The van der Waals surface area contributed by atoms with Crippen LogP contribution in [-0.4, -0.2) is 28.3 Å². The number of unbranched alkanes of at least 4 members (excludes halogenated alkanes) is 3. The summed E-state index contributed by atoms with van der Waals surface area (Å²) in [7, 11) is 0. The minimum absolute atomic E-state index is 0.901. The first kappa shape index (κ1) is 14.3. The van der Waals surface area contributed by atoms with E-state index in [9.17, 15) is 0 Å². The summed E-state index contributed by atoms with van der Waals surface area (Å²) in [6.07, 6.45) is 13.1. The van der Waals surface area contributed by atoms with E-state index in [1.165, 1.54) is 37.0 Å². The number of nitrogens with one attached hydrogen (secondary N) is 1. The molecule has 0 aliphatic heterocycles. The van der Waals surface area contributed by atoms with E-state index in [1.54, 1.807) is 10.9 Å². The lowest BCUT2D eigenvalue weighted by atomic mass is 10.2. The molecular weight excluding hydrogens is 230 g/mol. The fourth-order valence-electron chi connectivity index (χ4n) is 1.65. The summed E-state index contributed by atoms with van der Waals surface area (Å²) in [5, 5.41) is 7.58. The number of hydrogen-bond donors (Lipinski definition) is 1. The number of hydrogen-bond acceptors (Lipinski definition) is 3. The Morgan fingerprint density at radius 2 is 2.24 bits per heavy atom. The molecule has 0 saturated heterocycles. The standard InChI is InChI=1S/C13H23N3S/c1-3-16-12-13(11-15-16)10-14-8-6-4-5-7-9-17-2/h3,11-12,14H,1,4-10H2,2H3. The lowest BCUT2D eigenvalue weighted by Gasteiger charge is -2.02. The smallest absolute Gasteiger partial charge is 0.0538 e. The van der Waals surface area contributed by atoms with Crippen molar-refractivity contribution in [3.05, 3.63) is 24.5 Å². The lowest BCUT2D eigenvalue weighted by Crippen LogP contribution is -2.14. The van der Waals surface area contributed by atoms with E-state index >= 15 is 0 Å². The van der Waals surface area contributed by atoms with E-state index in [1.807, 2.05) is 24.2 Å². The summed E-state index contributed by atoms with van der Waals surface area (Å²) >= 11 is 1.94. The molecule has 17 heavy (non-hydrogen) atoms.